The number of ether oxygens (including phenoxy) is 2. The third kappa shape index (κ3) is 5.89. The molecule has 0 radical (unpaired) electrons. The lowest BCUT2D eigenvalue weighted by atomic mass is 10.1. The molecular formula is C24H23N3O6. The molecule has 0 aliphatic carbocycles. The molecule has 4 amide bonds. The number of methoxy groups -OCH3 is 2. The molecule has 2 aliphatic rings. The number of hydrogen-bond donors (Lipinski definition) is 2. The van der Waals surface area contributed by atoms with E-state index in [-0.39, 0.29) is 18.3 Å². The molecule has 33 heavy (non-hydrogen) atoms. The summed E-state index contributed by atoms with van der Waals surface area (Å²) in [5.74, 6) is 5.51. The van der Waals surface area contributed by atoms with Crippen molar-refractivity contribution in [2.24, 2.45) is 0 Å². The summed E-state index contributed by atoms with van der Waals surface area (Å²) in [6, 6.07) is 11.2. The summed E-state index contributed by atoms with van der Waals surface area (Å²) in [5, 5.41) is 4.48. The van der Waals surface area contributed by atoms with Gasteiger partial charge >= 0.3 is 12.0 Å². The van der Waals surface area contributed by atoms with E-state index in [0.29, 0.717) is 12.1 Å². The first-order chi connectivity index (χ1) is 15.8. The van der Waals surface area contributed by atoms with E-state index in [1.807, 2.05) is 12.1 Å². The standard InChI is InChI=1S/C14H12N2O4.C10H11NO2/c1-20-12(17)8-10-4-2-9(3-5-10)6-7-11-13(18)16-14(19)15-11;1-11-6-7-3-4-8(13-2)5-9(7)10(11)12/h2-5,11H,8H2,1H3,(H2,15,16,18,19);3-5H,6H2,1-2H3. The quantitative estimate of drug-likeness (QED) is 0.414. The predicted octanol–water partition coefficient (Wildman–Crippen LogP) is 1.24. The molecule has 2 N–H and O–H groups in total. The molecule has 0 saturated carbocycles. The van der Waals surface area contributed by atoms with Gasteiger partial charge in [0.1, 0.15) is 5.75 Å². The van der Waals surface area contributed by atoms with E-state index in [1.54, 1.807) is 49.4 Å². The maximum atomic E-state index is 11.5. The fraction of sp³-hybridized carbons (Fsp3) is 0.250. The van der Waals surface area contributed by atoms with E-state index in [2.05, 4.69) is 27.2 Å². The zero-order valence-corrected chi connectivity index (χ0v) is 18.4. The summed E-state index contributed by atoms with van der Waals surface area (Å²) in [5.41, 5.74) is 3.34. The molecule has 0 aromatic heterocycles. The molecule has 0 spiro atoms. The first kappa shape index (κ1) is 23.3. The van der Waals surface area contributed by atoms with Crippen LogP contribution >= 0.6 is 0 Å². The van der Waals surface area contributed by atoms with Crippen LogP contribution in [0.2, 0.25) is 0 Å². The van der Waals surface area contributed by atoms with Crippen LogP contribution in [0.25, 0.3) is 0 Å². The van der Waals surface area contributed by atoms with Gasteiger partial charge in [0.15, 0.2) is 6.04 Å². The molecule has 1 unspecified atom stereocenters. The zero-order chi connectivity index (χ0) is 24.0. The molecule has 1 saturated heterocycles. The highest BCUT2D eigenvalue weighted by Crippen LogP contribution is 2.25. The Hall–Kier alpha value is -4.32. The highest BCUT2D eigenvalue weighted by atomic mass is 16.5. The lowest BCUT2D eigenvalue weighted by molar-refractivity contribution is -0.139. The Kier molecular flexibility index (Phi) is 7.31. The Balaban J connectivity index is 0.000000203. The maximum absolute atomic E-state index is 11.5. The monoisotopic (exact) mass is 449 g/mol. The van der Waals surface area contributed by atoms with Crippen molar-refractivity contribution in [2.45, 2.75) is 19.0 Å². The number of nitrogens with one attached hydrogen (secondary N) is 2. The van der Waals surface area contributed by atoms with Crippen molar-refractivity contribution in [2.75, 3.05) is 21.3 Å². The van der Waals surface area contributed by atoms with Gasteiger partial charge < -0.3 is 19.7 Å². The van der Waals surface area contributed by atoms with Gasteiger partial charge in [0.2, 0.25) is 0 Å². The van der Waals surface area contributed by atoms with Crippen LogP contribution in [0.5, 0.6) is 5.75 Å². The van der Waals surface area contributed by atoms with Crippen LogP contribution in [-0.4, -0.2) is 56.0 Å². The number of esters is 1. The number of fused-ring (bicyclic) bond motifs is 1. The minimum atomic E-state index is -0.822. The van der Waals surface area contributed by atoms with Gasteiger partial charge in [0.25, 0.3) is 11.8 Å². The highest BCUT2D eigenvalue weighted by Gasteiger charge is 2.27. The van der Waals surface area contributed by atoms with Crippen molar-refractivity contribution in [1.82, 2.24) is 15.5 Å². The van der Waals surface area contributed by atoms with Crippen LogP contribution in [0.3, 0.4) is 0 Å². The van der Waals surface area contributed by atoms with Gasteiger partial charge in [-0.05, 0) is 35.4 Å². The molecular weight excluding hydrogens is 426 g/mol. The average Bonchev–Trinajstić information content (AvgIpc) is 3.29. The minimum absolute atomic E-state index is 0.0777. The van der Waals surface area contributed by atoms with Crippen LogP contribution in [0.4, 0.5) is 4.79 Å². The number of imide groups is 1. The third-order valence-corrected chi connectivity index (χ3v) is 4.97. The van der Waals surface area contributed by atoms with E-state index in [9.17, 15) is 19.2 Å². The summed E-state index contributed by atoms with van der Waals surface area (Å²) in [7, 11) is 4.74. The molecule has 4 rings (SSSR count). The van der Waals surface area contributed by atoms with Gasteiger partial charge in [-0.25, -0.2) is 4.79 Å². The smallest absolute Gasteiger partial charge is 0.322 e. The van der Waals surface area contributed by atoms with Crippen LogP contribution in [0, 0.1) is 11.8 Å². The Morgan fingerprint density at radius 3 is 2.45 bits per heavy atom. The Morgan fingerprint density at radius 1 is 1.12 bits per heavy atom. The second-order valence-corrected chi connectivity index (χ2v) is 7.30. The van der Waals surface area contributed by atoms with Crippen LogP contribution in [-0.2, 0) is 27.3 Å². The Bertz CT molecular complexity index is 1150. The second-order valence-electron chi connectivity index (χ2n) is 7.30. The van der Waals surface area contributed by atoms with Gasteiger partial charge in [-0.3, -0.25) is 19.7 Å². The normalized spacial score (nSPS) is 15.9. The van der Waals surface area contributed by atoms with Gasteiger partial charge in [0.05, 0.1) is 20.6 Å². The molecule has 2 aromatic carbocycles. The summed E-state index contributed by atoms with van der Waals surface area (Å²) in [6.07, 6.45) is 0.200. The number of nitrogens with zero attached hydrogens (tertiary/aromatic N) is 1. The molecule has 1 atom stereocenters. The second kappa shape index (κ2) is 10.3. The number of benzene rings is 2. The van der Waals surface area contributed by atoms with Crippen molar-refractivity contribution in [1.29, 1.82) is 0 Å². The van der Waals surface area contributed by atoms with Crippen molar-refractivity contribution in [3.8, 4) is 17.6 Å². The third-order valence-electron chi connectivity index (χ3n) is 4.97. The number of urea groups is 1. The van der Waals surface area contributed by atoms with E-state index >= 15 is 0 Å². The maximum Gasteiger partial charge on any atom is 0.322 e. The minimum Gasteiger partial charge on any atom is -0.497 e. The summed E-state index contributed by atoms with van der Waals surface area (Å²) >= 11 is 0. The summed E-state index contributed by atoms with van der Waals surface area (Å²) < 4.78 is 9.62. The number of amides is 4. The van der Waals surface area contributed by atoms with Crippen molar-refractivity contribution < 1.29 is 28.7 Å². The number of hydrogen-bond acceptors (Lipinski definition) is 6. The highest BCUT2D eigenvalue weighted by molar-refractivity contribution is 6.05. The van der Waals surface area contributed by atoms with Gasteiger partial charge in [-0.1, -0.05) is 30.0 Å². The largest absolute Gasteiger partial charge is 0.497 e. The average molecular weight is 449 g/mol. The molecule has 2 heterocycles. The summed E-state index contributed by atoms with van der Waals surface area (Å²) in [4.78, 5) is 46.5. The lowest BCUT2D eigenvalue weighted by Gasteiger charge is -2.04. The first-order valence-corrected chi connectivity index (χ1v) is 10.0. The van der Waals surface area contributed by atoms with Crippen molar-refractivity contribution in [3.05, 3.63) is 64.7 Å². The SMILES string of the molecule is COC(=O)Cc1ccc(C#CC2NC(=O)NC2=O)cc1.COc1ccc2c(c1)C(=O)N(C)C2. The molecule has 170 valence electrons. The molecule has 0 bridgehead atoms. The Labute approximate surface area is 191 Å². The summed E-state index contributed by atoms with van der Waals surface area (Å²) in [6.45, 7) is 0.707. The fourth-order valence-corrected chi connectivity index (χ4v) is 3.17. The van der Waals surface area contributed by atoms with Crippen molar-refractivity contribution >= 4 is 23.8 Å². The van der Waals surface area contributed by atoms with Crippen LogP contribution < -0.4 is 15.4 Å². The molecule has 1 fully saturated rings. The van der Waals surface area contributed by atoms with Gasteiger partial charge in [0, 0.05) is 24.7 Å². The van der Waals surface area contributed by atoms with E-state index in [0.717, 1.165) is 22.4 Å². The van der Waals surface area contributed by atoms with E-state index in [4.69, 9.17) is 4.74 Å². The number of rotatable bonds is 3. The van der Waals surface area contributed by atoms with Gasteiger partial charge in [-0.15, -0.1) is 0 Å². The molecule has 9 nitrogen and oxygen atoms in total. The number of carbonyl (C=O) groups excluding carboxylic acids is 4. The first-order valence-electron chi connectivity index (χ1n) is 10.0. The van der Waals surface area contributed by atoms with Crippen molar-refractivity contribution in [3.63, 3.8) is 0 Å². The Morgan fingerprint density at radius 2 is 1.85 bits per heavy atom. The van der Waals surface area contributed by atoms with Crippen LogP contribution in [0.15, 0.2) is 42.5 Å². The van der Waals surface area contributed by atoms with E-state index in [1.165, 1.54) is 7.11 Å². The molecule has 9 heteroatoms. The van der Waals surface area contributed by atoms with Crippen LogP contribution in [0.1, 0.15) is 27.0 Å². The van der Waals surface area contributed by atoms with Gasteiger partial charge in [-0.2, -0.15) is 0 Å². The topological polar surface area (TPSA) is 114 Å². The zero-order valence-electron chi connectivity index (χ0n) is 18.4. The number of carbonyl (C=O) groups is 4. The molecule has 2 aliphatic heterocycles. The van der Waals surface area contributed by atoms with E-state index < -0.39 is 18.0 Å². The lowest BCUT2D eigenvalue weighted by Crippen LogP contribution is -2.26. The molecule has 2 aromatic rings. The fourth-order valence-electron chi connectivity index (χ4n) is 3.17. The predicted molar refractivity (Wildman–Crippen MR) is 118 cm³/mol.